The van der Waals surface area contributed by atoms with E-state index in [1.54, 1.807) is 6.07 Å². The van der Waals surface area contributed by atoms with Gasteiger partial charge in [0.2, 0.25) is 0 Å². The Bertz CT molecular complexity index is 642. The van der Waals surface area contributed by atoms with Crippen LogP contribution in [-0.2, 0) is 0 Å². The number of halogens is 2. The molecule has 18 heavy (non-hydrogen) atoms. The molecule has 0 saturated carbocycles. The van der Waals surface area contributed by atoms with Gasteiger partial charge in [-0.3, -0.25) is 5.43 Å². The average Bonchev–Trinajstić information content (AvgIpc) is 2.31. The molecule has 2 aromatic rings. The van der Waals surface area contributed by atoms with Gasteiger partial charge in [-0.25, -0.2) is 4.98 Å². The molecule has 0 aliphatic rings. The van der Waals surface area contributed by atoms with E-state index in [2.05, 4.69) is 27.7 Å². The van der Waals surface area contributed by atoms with Crippen LogP contribution >= 0.6 is 35.4 Å². The van der Waals surface area contributed by atoms with Gasteiger partial charge in [-0.05, 0) is 24.4 Å². The summed E-state index contributed by atoms with van der Waals surface area (Å²) in [6, 6.07) is 7.33. The van der Waals surface area contributed by atoms with E-state index in [-0.39, 0.29) is 5.11 Å². The Balaban J connectivity index is 2.44. The van der Waals surface area contributed by atoms with E-state index in [1.165, 1.54) is 6.21 Å². The maximum atomic E-state index is 6.04. The first kappa shape index (κ1) is 13.0. The van der Waals surface area contributed by atoms with Crippen LogP contribution in [0.4, 0.5) is 0 Å². The van der Waals surface area contributed by atoms with Crippen molar-refractivity contribution in [2.24, 2.45) is 10.8 Å². The lowest BCUT2D eigenvalue weighted by atomic mass is 10.2. The van der Waals surface area contributed by atoms with Crippen molar-refractivity contribution in [1.82, 2.24) is 10.4 Å². The molecule has 0 aliphatic heterocycles. The Kier molecular flexibility index (Phi) is 3.96. The first-order chi connectivity index (χ1) is 8.58. The summed E-state index contributed by atoms with van der Waals surface area (Å²) in [6.45, 7) is 0. The highest BCUT2D eigenvalue weighted by Crippen LogP contribution is 2.25. The fourth-order valence-electron chi connectivity index (χ4n) is 1.41. The minimum atomic E-state index is 0.0826. The molecule has 0 bridgehead atoms. The fraction of sp³-hybridized carbons (Fsp3) is 0. The monoisotopic (exact) mass is 298 g/mol. The number of thiocarbonyl (C=S) groups is 1. The van der Waals surface area contributed by atoms with E-state index in [4.69, 9.17) is 28.9 Å². The summed E-state index contributed by atoms with van der Waals surface area (Å²) in [5.74, 6) is 0. The standard InChI is InChI=1S/C11H8Cl2N4S/c12-8-3-1-2-6-4-7(5-15-17-11(14)18)10(13)16-9(6)8/h1-5H,(H3,14,17,18). The Labute approximate surface area is 119 Å². The predicted octanol–water partition coefficient (Wildman–Crippen LogP) is 2.71. The number of hydrogen-bond acceptors (Lipinski definition) is 3. The molecule has 0 amide bonds. The summed E-state index contributed by atoms with van der Waals surface area (Å²) in [6.07, 6.45) is 1.49. The van der Waals surface area contributed by atoms with Crippen molar-refractivity contribution in [2.45, 2.75) is 0 Å². The second-order valence-electron chi connectivity index (χ2n) is 3.41. The topological polar surface area (TPSA) is 63.3 Å². The van der Waals surface area contributed by atoms with E-state index in [9.17, 15) is 0 Å². The van der Waals surface area contributed by atoms with Crippen LogP contribution in [0.15, 0.2) is 29.4 Å². The van der Waals surface area contributed by atoms with Gasteiger partial charge in [-0.15, -0.1) is 0 Å². The minimum Gasteiger partial charge on any atom is -0.375 e. The van der Waals surface area contributed by atoms with E-state index in [0.29, 0.717) is 21.3 Å². The molecule has 3 N–H and O–H groups in total. The number of benzene rings is 1. The van der Waals surface area contributed by atoms with Gasteiger partial charge in [0.1, 0.15) is 5.15 Å². The van der Waals surface area contributed by atoms with Crippen LogP contribution in [0.2, 0.25) is 10.2 Å². The third kappa shape index (κ3) is 2.87. The van der Waals surface area contributed by atoms with Gasteiger partial charge in [0.05, 0.1) is 16.8 Å². The molecule has 0 fully saturated rings. The SMILES string of the molecule is NC(=S)NN=Cc1cc2cccc(Cl)c2nc1Cl. The highest BCUT2D eigenvalue weighted by Gasteiger charge is 2.05. The van der Waals surface area contributed by atoms with Gasteiger partial charge in [0.15, 0.2) is 5.11 Å². The van der Waals surface area contributed by atoms with Gasteiger partial charge < -0.3 is 5.73 Å². The largest absolute Gasteiger partial charge is 0.375 e. The number of rotatable bonds is 2. The van der Waals surface area contributed by atoms with E-state index < -0.39 is 0 Å². The number of hydrazone groups is 1. The molecule has 1 aromatic heterocycles. The summed E-state index contributed by atoms with van der Waals surface area (Å²) in [5, 5.41) is 5.66. The van der Waals surface area contributed by atoms with Gasteiger partial charge in [0, 0.05) is 10.9 Å². The summed E-state index contributed by atoms with van der Waals surface area (Å²) in [7, 11) is 0. The van der Waals surface area contributed by atoms with E-state index >= 15 is 0 Å². The van der Waals surface area contributed by atoms with Gasteiger partial charge in [-0.1, -0.05) is 35.3 Å². The fourth-order valence-corrected chi connectivity index (χ4v) is 1.88. The van der Waals surface area contributed by atoms with Crippen LogP contribution in [0.1, 0.15) is 5.56 Å². The molecular weight excluding hydrogens is 291 g/mol. The number of nitrogens with two attached hydrogens (primary N) is 1. The smallest absolute Gasteiger partial charge is 0.184 e. The predicted molar refractivity (Wildman–Crippen MR) is 79.3 cm³/mol. The summed E-state index contributed by atoms with van der Waals surface area (Å²) in [4.78, 5) is 4.22. The van der Waals surface area contributed by atoms with Crippen LogP contribution in [0.5, 0.6) is 0 Å². The molecule has 92 valence electrons. The zero-order valence-electron chi connectivity index (χ0n) is 9.02. The first-order valence-electron chi connectivity index (χ1n) is 4.91. The minimum absolute atomic E-state index is 0.0826. The lowest BCUT2D eigenvalue weighted by Gasteiger charge is -2.03. The Morgan fingerprint density at radius 2 is 2.22 bits per heavy atom. The second kappa shape index (κ2) is 5.48. The lowest BCUT2D eigenvalue weighted by Crippen LogP contribution is -2.24. The molecule has 0 saturated heterocycles. The number of pyridine rings is 1. The maximum Gasteiger partial charge on any atom is 0.184 e. The third-order valence-electron chi connectivity index (χ3n) is 2.16. The second-order valence-corrected chi connectivity index (χ2v) is 4.62. The molecule has 4 nitrogen and oxygen atoms in total. The number of nitrogens with zero attached hydrogens (tertiary/aromatic N) is 2. The van der Waals surface area contributed by atoms with E-state index in [0.717, 1.165) is 5.39 Å². The van der Waals surface area contributed by atoms with Crippen LogP contribution in [0.25, 0.3) is 10.9 Å². The molecule has 2 rings (SSSR count). The normalized spacial score (nSPS) is 11.0. The van der Waals surface area contributed by atoms with Crippen molar-refractivity contribution < 1.29 is 0 Å². The van der Waals surface area contributed by atoms with Crippen molar-refractivity contribution in [2.75, 3.05) is 0 Å². The Morgan fingerprint density at radius 3 is 2.94 bits per heavy atom. The Morgan fingerprint density at radius 1 is 1.44 bits per heavy atom. The summed E-state index contributed by atoms with van der Waals surface area (Å²) < 4.78 is 0. The maximum absolute atomic E-state index is 6.04. The molecule has 0 aliphatic carbocycles. The molecule has 0 unspecified atom stereocenters. The zero-order chi connectivity index (χ0) is 13.1. The summed E-state index contributed by atoms with van der Waals surface area (Å²) in [5.41, 5.74) is 9.00. The van der Waals surface area contributed by atoms with Gasteiger partial charge >= 0.3 is 0 Å². The van der Waals surface area contributed by atoms with Crippen LogP contribution in [-0.4, -0.2) is 16.3 Å². The quantitative estimate of drug-likeness (QED) is 0.387. The van der Waals surface area contributed by atoms with Crippen molar-refractivity contribution in [3.05, 3.63) is 40.0 Å². The molecule has 1 heterocycles. The number of para-hydroxylation sites is 1. The van der Waals surface area contributed by atoms with Gasteiger partial charge in [-0.2, -0.15) is 5.10 Å². The molecule has 0 atom stereocenters. The number of fused-ring (bicyclic) bond motifs is 1. The highest BCUT2D eigenvalue weighted by atomic mass is 35.5. The van der Waals surface area contributed by atoms with Crippen molar-refractivity contribution in [1.29, 1.82) is 0 Å². The number of hydrogen-bond donors (Lipinski definition) is 2. The molecular formula is C11H8Cl2N4S. The van der Waals surface area contributed by atoms with Crippen molar-refractivity contribution in [3.63, 3.8) is 0 Å². The van der Waals surface area contributed by atoms with E-state index in [1.807, 2.05) is 18.2 Å². The highest BCUT2D eigenvalue weighted by molar-refractivity contribution is 7.80. The summed E-state index contributed by atoms with van der Waals surface area (Å²) >= 11 is 16.7. The number of nitrogens with one attached hydrogen (secondary N) is 1. The van der Waals surface area contributed by atoms with Crippen LogP contribution in [0, 0.1) is 0 Å². The van der Waals surface area contributed by atoms with Crippen LogP contribution < -0.4 is 11.2 Å². The number of aromatic nitrogens is 1. The molecule has 1 aromatic carbocycles. The first-order valence-corrected chi connectivity index (χ1v) is 6.07. The molecule has 0 spiro atoms. The van der Waals surface area contributed by atoms with Crippen molar-refractivity contribution >= 4 is 57.6 Å². The Hall–Kier alpha value is -1.43. The lowest BCUT2D eigenvalue weighted by molar-refractivity contribution is 1.04. The molecule has 0 radical (unpaired) electrons. The zero-order valence-corrected chi connectivity index (χ0v) is 11.4. The van der Waals surface area contributed by atoms with Gasteiger partial charge in [0.25, 0.3) is 0 Å². The van der Waals surface area contributed by atoms with Crippen LogP contribution in [0.3, 0.4) is 0 Å². The van der Waals surface area contributed by atoms with Crippen molar-refractivity contribution in [3.8, 4) is 0 Å². The third-order valence-corrected chi connectivity index (χ3v) is 2.85. The average molecular weight is 299 g/mol. The molecule has 7 heteroatoms.